The zero-order chi connectivity index (χ0) is 23.7. The van der Waals surface area contributed by atoms with Crippen molar-refractivity contribution in [2.24, 2.45) is 0 Å². The minimum atomic E-state index is -0.122. The summed E-state index contributed by atoms with van der Waals surface area (Å²) in [6.45, 7) is 10.3. The predicted molar refractivity (Wildman–Crippen MR) is 137 cm³/mol. The summed E-state index contributed by atoms with van der Waals surface area (Å²) in [5.74, 6) is 0.795. The van der Waals surface area contributed by atoms with E-state index in [1.54, 1.807) is 0 Å². The molecule has 2 aromatic carbocycles. The lowest BCUT2D eigenvalue weighted by Gasteiger charge is -2.38. The van der Waals surface area contributed by atoms with Crippen molar-refractivity contribution in [1.82, 2.24) is 0 Å². The molecule has 8 heteroatoms. The molecule has 2 fully saturated rings. The number of hydrogen-bond donors (Lipinski definition) is 0. The van der Waals surface area contributed by atoms with Crippen molar-refractivity contribution < 1.29 is 13.9 Å². The van der Waals surface area contributed by atoms with Gasteiger partial charge in [0.1, 0.15) is 5.58 Å². The largest absolute Gasteiger partial charge is 0.485 e. The minimum Gasteiger partial charge on any atom is -0.485 e. The predicted octanol–water partition coefficient (Wildman–Crippen LogP) is 4.32. The van der Waals surface area contributed by atoms with E-state index in [1.165, 1.54) is 0 Å². The summed E-state index contributed by atoms with van der Waals surface area (Å²) in [6.07, 6.45) is 0. The van der Waals surface area contributed by atoms with E-state index in [4.69, 9.17) is 25.5 Å². The van der Waals surface area contributed by atoms with Crippen LogP contribution in [0.15, 0.2) is 45.6 Å². The van der Waals surface area contributed by atoms with Gasteiger partial charge in [0.25, 0.3) is 0 Å². The Morgan fingerprint density at radius 3 is 2.26 bits per heavy atom. The number of ether oxygens (including phenoxy) is 2. The standard InChI is InChI=1S/C26H30ClN3O4/c1-3-33-25-23(31)19-8-9-21(18(2)24(19)34-26(25)30-14-16-32-17-15-30)28-10-12-29(13-11-28)22-7-5-4-6-20(22)27/h4-9H,3,10-17H2,1-2H3. The molecule has 2 aliphatic heterocycles. The first-order chi connectivity index (χ1) is 16.6. The number of morpholine rings is 1. The van der Waals surface area contributed by atoms with E-state index in [1.807, 2.05) is 49.1 Å². The molecule has 3 aromatic rings. The average molecular weight is 484 g/mol. The van der Waals surface area contributed by atoms with Crippen LogP contribution < -0.4 is 24.9 Å². The van der Waals surface area contributed by atoms with E-state index < -0.39 is 0 Å². The fourth-order valence-corrected chi connectivity index (χ4v) is 5.09. The molecule has 5 rings (SSSR count). The van der Waals surface area contributed by atoms with Crippen LogP contribution in [0.1, 0.15) is 12.5 Å². The monoisotopic (exact) mass is 483 g/mol. The number of benzene rings is 2. The molecule has 180 valence electrons. The van der Waals surface area contributed by atoms with E-state index in [-0.39, 0.29) is 11.2 Å². The molecule has 2 aliphatic rings. The summed E-state index contributed by atoms with van der Waals surface area (Å²) >= 11 is 6.41. The normalized spacial score (nSPS) is 16.9. The van der Waals surface area contributed by atoms with Crippen LogP contribution in [-0.2, 0) is 4.74 Å². The van der Waals surface area contributed by atoms with Gasteiger partial charge in [0.15, 0.2) is 0 Å². The quantitative estimate of drug-likeness (QED) is 0.535. The maximum Gasteiger partial charge on any atom is 0.243 e. The van der Waals surface area contributed by atoms with Crippen molar-refractivity contribution in [3.8, 4) is 5.75 Å². The second kappa shape index (κ2) is 9.76. The molecule has 0 saturated carbocycles. The van der Waals surface area contributed by atoms with Crippen molar-refractivity contribution >= 4 is 39.8 Å². The summed E-state index contributed by atoms with van der Waals surface area (Å²) in [5.41, 5.74) is 3.64. The molecule has 0 aliphatic carbocycles. The smallest absolute Gasteiger partial charge is 0.243 e. The van der Waals surface area contributed by atoms with E-state index >= 15 is 0 Å². The molecule has 3 heterocycles. The van der Waals surface area contributed by atoms with Gasteiger partial charge in [-0.2, -0.15) is 0 Å². The van der Waals surface area contributed by atoms with E-state index in [9.17, 15) is 4.79 Å². The maximum absolute atomic E-state index is 13.4. The lowest BCUT2D eigenvalue weighted by molar-refractivity contribution is 0.120. The van der Waals surface area contributed by atoms with E-state index in [0.717, 1.165) is 48.1 Å². The Morgan fingerprint density at radius 1 is 0.912 bits per heavy atom. The van der Waals surface area contributed by atoms with Crippen LogP contribution in [0.2, 0.25) is 5.02 Å². The summed E-state index contributed by atoms with van der Waals surface area (Å²) in [5, 5.41) is 1.33. The van der Waals surface area contributed by atoms with Crippen molar-refractivity contribution in [2.75, 3.05) is 73.8 Å². The highest BCUT2D eigenvalue weighted by Gasteiger charge is 2.26. The molecule has 0 N–H and O–H groups in total. The van der Waals surface area contributed by atoms with Crippen LogP contribution in [0.25, 0.3) is 11.0 Å². The highest BCUT2D eigenvalue weighted by Crippen LogP contribution is 2.35. The number of fused-ring (bicyclic) bond motifs is 1. The van der Waals surface area contributed by atoms with Crippen molar-refractivity contribution in [1.29, 1.82) is 0 Å². The Kier molecular flexibility index (Phi) is 6.57. The zero-order valence-electron chi connectivity index (χ0n) is 19.7. The Hall–Kier alpha value is -2.90. The number of hydrogen-bond acceptors (Lipinski definition) is 7. The molecule has 1 aromatic heterocycles. The number of aryl methyl sites for hydroxylation is 1. The number of anilines is 3. The molecule has 0 radical (unpaired) electrons. The van der Waals surface area contributed by atoms with Gasteiger partial charge in [0.05, 0.1) is 35.9 Å². The molecule has 7 nitrogen and oxygen atoms in total. The topological polar surface area (TPSA) is 58.4 Å². The summed E-state index contributed by atoms with van der Waals surface area (Å²) in [4.78, 5) is 20.1. The minimum absolute atomic E-state index is 0.122. The number of piperazine rings is 1. The summed E-state index contributed by atoms with van der Waals surface area (Å²) in [7, 11) is 0. The fraction of sp³-hybridized carbons (Fsp3) is 0.423. The maximum atomic E-state index is 13.4. The Labute approximate surface area is 204 Å². The van der Waals surface area contributed by atoms with Gasteiger partial charge < -0.3 is 28.6 Å². The highest BCUT2D eigenvalue weighted by atomic mass is 35.5. The molecular formula is C26H30ClN3O4. The molecule has 0 bridgehead atoms. The fourth-order valence-electron chi connectivity index (χ4n) is 4.84. The van der Waals surface area contributed by atoms with Crippen LogP contribution in [0.5, 0.6) is 5.75 Å². The molecule has 0 amide bonds. The number of halogens is 1. The molecule has 34 heavy (non-hydrogen) atoms. The Morgan fingerprint density at radius 2 is 1.59 bits per heavy atom. The van der Waals surface area contributed by atoms with Gasteiger partial charge in [-0.15, -0.1) is 0 Å². The van der Waals surface area contributed by atoms with Crippen LogP contribution in [0.3, 0.4) is 0 Å². The van der Waals surface area contributed by atoms with Crippen molar-refractivity contribution in [3.63, 3.8) is 0 Å². The third-order valence-electron chi connectivity index (χ3n) is 6.62. The van der Waals surface area contributed by atoms with Crippen LogP contribution in [-0.4, -0.2) is 59.1 Å². The van der Waals surface area contributed by atoms with E-state index in [2.05, 4.69) is 15.9 Å². The van der Waals surface area contributed by atoms with Crippen LogP contribution >= 0.6 is 11.6 Å². The lowest BCUT2D eigenvalue weighted by atomic mass is 10.1. The highest BCUT2D eigenvalue weighted by molar-refractivity contribution is 6.33. The van der Waals surface area contributed by atoms with Gasteiger partial charge in [-0.25, -0.2) is 0 Å². The van der Waals surface area contributed by atoms with E-state index in [0.29, 0.717) is 49.8 Å². The lowest BCUT2D eigenvalue weighted by Crippen LogP contribution is -2.46. The second-order valence-corrected chi connectivity index (χ2v) is 9.02. The Bertz CT molecular complexity index is 1230. The second-order valence-electron chi connectivity index (χ2n) is 8.61. The Balaban J connectivity index is 1.47. The summed E-state index contributed by atoms with van der Waals surface area (Å²) < 4.78 is 17.7. The van der Waals surface area contributed by atoms with Crippen molar-refractivity contribution in [2.45, 2.75) is 13.8 Å². The van der Waals surface area contributed by atoms with Gasteiger partial charge in [0.2, 0.25) is 17.1 Å². The summed E-state index contributed by atoms with van der Waals surface area (Å²) in [6, 6.07) is 11.9. The number of rotatable bonds is 5. The van der Waals surface area contributed by atoms with Gasteiger partial charge in [0, 0.05) is 50.5 Å². The molecule has 0 spiro atoms. The number of para-hydroxylation sites is 1. The average Bonchev–Trinajstić information content (AvgIpc) is 2.87. The van der Waals surface area contributed by atoms with Gasteiger partial charge in [-0.3, -0.25) is 4.79 Å². The van der Waals surface area contributed by atoms with Crippen molar-refractivity contribution in [3.05, 3.63) is 57.2 Å². The first-order valence-corrected chi connectivity index (χ1v) is 12.3. The SMILES string of the molecule is CCOc1c(N2CCOCC2)oc2c(C)c(N3CCN(c4ccccc4Cl)CC3)ccc2c1=O. The molecule has 2 saturated heterocycles. The zero-order valence-corrected chi connectivity index (χ0v) is 20.4. The third-order valence-corrected chi connectivity index (χ3v) is 6.94. The first kappa shape index (κ1) is 22.9. The van der Waals surface area contributed by atoms with Gasteiger partial charge >= 0.3 is 0 Å². The van der Waals surface area contributed by atoms with Gasteiger partial charge in [-0.05, 0) is 38.1 Å². The number of nitrogens with zero attached hydrogens (tertiary/aromatic N) is 3. The van der Waals surface area contributed by atoms with Crippen LogP contribution in [0, 0.1) is 6.92 Å². The van der Waals surface area contributed by atoms with Gasteiger partial charge in [-0.1, -0.05) is 23.7 Å². The molecule has 0 atom stereocenters. The van der Waals surface area contributed by atoms with Crippen LogP contribution in [0.4, 0.5) is 17.3 Å². The first-order valence-electron chi connectivity index (χ1n) is 11.9. The molecular weight excluding hydrogens is 454 g/mol. The molecule has 0 unspecified atom stereocenters. The third kappa shape index (κ3) is 4.18.